The number of hydrogen-bond acceptors (Lipinski definition) is 5. The minimum absolute atomic E-state index is 0.120. The van der Waals surface area contributed by atoms with Gasteiger partial charge in [0.05, 0.1) is 25.1 Å². The Bertz CT molecular complexity index is 1010. The van der Waals surface area contributed by atoms with Crippen molar-refractivity contribution in [3.63, 3.8) is 0 Å². The van der Waals surface area contributed by atoms with Crippen molar-refractivity contribution < 1.29 is 14.3 Å². The highest BCUT2D eigenvalue weighted by Gasteiger charge is 2.09. The largest absolute Gasteiger partial charge is 0.493 e. The number of aromatic amines is 1. The van der Waals surface area contributed by atoms with Crippen molar-refractivity contribution in [2.75, 3.05) is 19.5 Å². The van der Waals surface area contributed by atoms with Crippen LogP contribution in [0.15, 0.2) is 47.3 Å². The molecule has 1 amide bonds. The molecular formula is C20H21N3O4. The average molecular weight is 367 g/mol. The number of nitrogens with one attached hydrogen (secondary N) is 2. The molecule has 0 saturated heterocycles. The third-order valence-corrected chi connectivity index (χ3v) is 4.15. The quantitative estimate of drug-likeness (QED) is 0.670. The summed E-state index contributed by atoms with van der Waals surface area (Å²) in [5.74, 6) is 1.61. The van der Waals surface area contributed by atoms with E-state index in [9.17, 15) is 9.59 Å². The summed E-state index contributed by atoms with van der Waals surface area (Å²) in [5.41, 5.74) is 1.13. The van der Waals surface area contributed by atoms with Gasteiger partial charge in [-0.25, -0.2) is 4.98 Å². The summed E-state index contributed by atoms with van der Waals surface area (Å²) in [7, 11) is 3.10. The molecule has 3 rings (SSSR count). The van der Waals surface area contributed by atoms with E-state index in [0.717, 1.165) is 0 Å². The van der Waals surface area contributed by atoms with Gasteiger partial charge in [0.2, 0.25) is 5.91 Å². The molecule has 0 spiro atoms. The van der Waals surface area contributed by atoms with Crippen LogP contribution in [0.2, 0.25) is 0 Å². The first-order valence-electron chi connectivity index (χ1n) is 8.60. The number of ether oxygens (including phenoxy) is 2. The summed E-state index contributed by atoms with van der Waals surface area (Å²) in [6, 6.07) is 12.4. The van der Waals surface area contributed by atoms with E-state index >= 15 is 0 Å². The predicted octanol–water partition coefficient (Wildman–Crippen LogP) is 2.90. The van der Waals surface area contributed by atoms with Crippen molar-refractivity contribution in [3.05, 3.63) is 58.6 Å². The zero-order chi connectivity index (χ0) is 19.2. The molecule has 7 heteroatoms. The molecule has 0 aliphatic rings. The number of aryl methyl sites for hydroxylation is 1. The number of carbonyl (C=O) groups is 1. The van der Waals surface area contributed by atoms with Crippen LogP contribution in [-0.4, -0.2) is 30.1 Å². The smallest absolute Gasteiger partial charge is 0.258 e. The lowest BCUT2D eigenvalue weighted by atomic mass is 10.2. The van der Waals surface area contributed by atoms with Crippen LogP contribution < -0.4 is 20.3 Å². The zero-order valence-electron chi connectivity index (χ0n) is 15.2. The van der Waals surface area contributed by atoms with Gasteiger partial charge in [0.15, 0.2) is 11.5 Å². The molecule has 0 aliphatic heterocycles. The number of anilines is 1. The van der Waals surface area contributed by atoms with Crippen molar-refractivity contribution >= 4 is 22.5 Å². The number of carbonyl (C=O) groups excluding carboxylic acids is 1. The van der Waals surface area contributed by atoms with Crippen LogP contribution in [0.3, 0.4) is 0 Å². The fourth-order valence-electron chi connectivity index (χ4n) is 2.81. The van der Waals surface area contributed by atoms with Gasteiger partial charge in [-0.2, -0.15) is 0 Å². The fourth-order valence-corrected chi connectivity index (χ4v) is 2.81. The van der Waals surface area contributed by atoms with Gasteiger partial charge < -0.3 is 19.8 Å². The molecule has 140 valence electrons. The molecule has 0 saturated carbocycles. The highest BCUT2D eigenvalue weighted by molar-refractivity contribution is 5.91. The molecule has 3 aromatic rings. The topological polar surface area (TPSA) is 93.3 Å². The van der Waals surface area contributed by atoms with Gasteiger partial charge in [-0.3, -0.25) is 9.59 Å². The second-order valence-corrected chi connectivity index (χ2v) is 6.00. The van der Waals surface area contributed by atoms with E-state index in [1.54, 1.807) is 50.6 Å². The van der Waals surface area contributed by atoms with Crippen LogP contribution >= 0.6 is 0 Å². The number of methoxy groups -OCH3 is 2. The van der Waals surface area contributed by atoms with Gasteiger partial charge in [-0.1, -0.05) is 12.1 Å². The summed E-state index contributed by atoms with van der Waals surface area (Å²) >= 11 is 0. The molecule has 0 atom stereocenters. The number of benzene rings is 2. The second-order valence-electron chi connectivity index (χ2n) is 6.00. The van der Waals surface area contributed by atoms with Crippen molar-refractivity contribution in [2.24, 2.45) is 0 Å². The van der Waals surface area contributed by atoms with Gasteiger partial charge >= 0.3 is 0 Å². The molecule has 0 bridgehead atoms. The van der Waals surface area contributed by atoms with E-state index in [4.69, 9.17) is 9.47 Å². The first-order valence-corrected chi connectivity index (χ1v) is 8.60. The number of para-hydroxylation sites is 1. The Kier molecular flexibility index (Phi) is 5.71. The number of nitrogens with zero attached hydrogens (tertiary/aromatic N) is 1. The van der Waals surface area contributed by atoms with E-state index in [0.29, 0.717) is 53.2 Å². The third kappa shape index (κ3) is 4.44. The summed E-state index contributed by atoms with van der Waals surface area (Å²) in [4.78, 5) is 31.4. The number of amides is 1. The van der Waals surface area contributed by atoms with E-state index in [2.05, 4.69) is 15.3 Å². The molecule has 2 N–H and O–H groups in total. The van der Waals surface area contributed by atoms with Gasteiger partial charge in [-0.05, 0) is 30.7 Å². The van der Waals surface area contributed by atoms with Crippen LogP contribution in [0.4, 0.5) is 5.69 Å². The number of hydrogen-bond donors (Lipinski definition) is 2. The standard InChI is InChI=1S/C20H21N3O4/c1-26-16-11-10-13(12-17(16)27-2)21-19(24)9-5-8-18-22-15-7-4-3-6-14(15)20(25)23-18/h3-4,6-7,10-12H,5,8-9H2,1-2H3,(H,21,24)(H,22,23,25). The van der Waals surface area contributed by atoms with Crippen LogP contribution in [-0.2, 0) is 11.2 Å². The molecular weight excluding hydrogens is 346 g/mol. The second kappa shape index (κ2) is 8.35. The Morgan fingerprint density at radius 1 is 1.11 bits per heavy atom. The molecule has 0 aliphatic carbocycles. The molecule has 0 fully saturated rings. The molecule has 1 aromatic heterocycles. The summed E-state index contributed by atoms with van der Waals surface area (Å²) < 4.78 is 10.4. The zero-order valence-corrected chi connectivity index (χ0v) is 15.2. The Morgan fingerprint density at radius 2 is 1.89 bits per heavy atom. The van der Waals surface area contributed by atoms with Crippen LogP contribution in [0.25, 0.3) is 10.9 Å². The van der Waals surface area contributed by atoms with Gasteiger partial charge in [0.25, 0.3) is 5.56 Å². The Balaban J connectivity index is 1.58. The van der Waals surface area contributed by atoms with Gasteiger partial charge in [0.1, 0.15) is 5.82 Å². The molecule has 7 nitrogen and oxygen atoms in total. The van der Waals surface area contributed by atoms with Crippen molar-refractivity contribution in [2.45, 2.75) is 19.3 Å². The highest BCUT2D eigenvalue weighted by atomic mass is 16.5. The monoisotopic (exact) mass is 367 g/mol. The first-order chi connectivity index (χ1) is 13.1. The highest BCUT2D eigenvalue weighted by Crippen LogP contribution is 2.29. The molecule has 0 unspecified atom stereocenters. The lowest BCUT2D eigenvalue weighted by Crippen LogP contribution is -2.14. The summed E-state index contributed by atoms with van der Waals surface area (Å²) in [6.45, 7) is 0. The molecule has 0 radical (unpaired) electrons. The van der Waals surface area contributed by atoms with E-state index < -0.39 is 0 Å². The van der Waals surface area contributed by atoms with Gasteiger partial charge in [-0.15, -0.1) is 0 Å². The number of fused-ring (bicyclic) bond motifs is 1. The number of aromatic nitrogens is 2. The maximum Gasteiger partial charge on any atom is 0.258 e. The number of H-pyrrole nitrogens is 1. The van der Waals surface area contributed by atoms with Crippen molar-refractivity contribution in [1.29, 1.82) is 0 Å². The lowest BCUT2D eigenvalue weighted by molar-refractivity contribution is -0.116. The Hall–Kier alpha value is -3.35. The first kappa shape index (κ1) is 18.4. The minimum atomic E-state index is -0.162. The van der Waals surface area contributed by atoms with E-state index in [1.165, 1.54) is 0 Å². The molecule has 2 aromatic carbocycles. The maximum absolute atomic E-state index is 12.2. The normalized spacial score (nSPS) is 10.6. The average Bonchev–Trinajstić information content (AvgIpc) is 2.68. The Labute approximate surface area is 156 Å². The van der Waals surface area contributed by atoms with Gasteiger partial charge in [0, 0.05) is 24.6 Å². The molecule has 1 heterocycles. The number of rotatable bonds is 7. The third-order valence-electron chi connectivity index (χ3n) is 4.15. The van der Waals surface area contributed by atoms with Crippen LogP contribution in [0, 0.1) is 0 Å². The van der Waals surface area contributed by atoms with Crippen molar-refractivity contribution in [1.82, 2.24) is 9.97 Å². The minimum Gasteiger partial charge on any atom is -0.493 e. The fraction of sp³-hybridized carbons (Fsp3) is 0.250. The lowest BCUT2D eigenvalue weighted by Gasteiger charge is -2.10. The van der Waals surface area contributed by atoms with E-state index in [-0.39, 0.29) is 11.5 Å². The predicted molar refractivity (Wildman–Crippen MR) is 103 cm³/mol. The van der Waals surface area contributed by atoms with Crippen LogP contribution in [0.1, 0.15) is 18.7 Å². The Morgan fingerprint density at radius 3 is 2.67 bits per heavy atom. The van der Waals surface area contributed by atoms with Crippen LogP contribution in [0.5, 0.6) is 11.5 Å². The van der Waals surface area contributed by atoms with E-state index in [1.807, 2.05) is 6.07 Å². The SMILES string of the molecule is COc1ccc(NC(=O)CCCc2nc3ccccc3c(=O)[nH]2)cc1OC. The summed E-state index contributed by atoms with van der Waals surface area (Å²) in [5, 5.41) is 3.39. The summed E-state index contributed by atoms with van der Waals surface area (Å²) in [6.07, 6.45) is 1.39. The van der Waals surface area contributed by atoms with Crippen molar-refractivity contribution in [3.8, 4) is 11.5 Å². The molecule has 27 heavy (non-hydrogen) atoms. The maximum atomic E-state index is 12.2.